The lowest BCUT2D eigenvalue weighted by Crippen LogP contribution is -2.53. The highest BCUT2D eigenvalue weighted by atomic mass is 19.4. The average molecular weight is 308 g/mol. The maximum absolute atomic E-state index is 12.7. The van der Waals surface area contributed by atoms with E-state index in [0.29, 0.717) is 13.8 Å². The fourth-order valence-corrected chi connectivity index (χ4v) is 2.68. The lowest BCUT2D eigenvalue weighted by atomic mass is 9.69. The minimum atomic E-state index is -4.82. The molecule has 2 N–H and O–H groups in total. The lowest BCUT2D eigenvalue weighted by Gasteiger charge is -2.43. The van der Waals surface area contributed by atoms with Gasteiger partial charge in [0.15, 0.2) is 11.2 Å². The SMILES string of the molecule is CC(O)(C1CCC(C(C)(O)C(F)(F)F)CC1)C(F)(F)F. The highest BCUT2D eigenvalue weighted by Crippen LogP contribution is 2.48. The fourth-order valence-electron chi connectivity index (χ4n) is 2.68. The van der Waals surface area contributed by atoms with Gasteiger partial charge in [-0.2, -0.15) is 26.3 Å². The van der Waals surface area contributed by atoms with Crippen LogP contribution in [0.15, 0.2) is 0 Å². The summed E-state index contributed by atoms with van der Waals surface area (Å²) in [6.45, 7) is 1.28. The van der Waals surface area contributed by atoms with Gasteiger partial charge in [-0.25, -0.2) is 0 Å². The molecule has 0 bridgehead atoms. The van der Waals surface area contributed by atoms with E-state index in [4.69, 9.17) is 0 Å². The Morgan fingerprint density at radius 3 is 1.00 bits per heavy atom. The summed E-state index contributed by atoms with van der Waals surface area (Å²) in [6.07, 6.45) is -10.5. The first kappa shape index (κ1) is 17.6. The molecule has 0 heterocycles. The van der Waals surface area contributed by atoms with Gasteiger partial charge in [0.05, 0.1) is 0 Å². The molecule has 1 fully saturated rings. The first-order valence-corrected chi connectivity index (χ1v) is 6.29. The number of alkyl halides is 6. The molecule has 2 nitrogen and oxygen atoms in total. The molecule has 0 saturated heterocycles. The van der Waals surface area contributed by atoms with E-state index in [2.05, 4.69) is 0 Å². The van der Waals surface area contributed by atoms with Gasteiger partial charge in [0.1, 0.15) is 0 Å². The van der Waals surface area contributed by atoms with Crippen LogP contribution in [0.2, 0.25) is 0 Å². The minimum absolute atomic E-state index is 0.205. The van der Waals surface area contributed by atoms with Gasteiger partial charge in [-0.3, -0.25) is 0 Å². The van der Waals surface area contributed by atoms with E-state index in [1.165, 1.54) is 0 Å². The molecule has 0 spiro atoms. The average Bonchev–Trinajstić information content (AvgIpc) is 2.26. The topological polar surface area (TPSA) is 40.5 Å². The molecule has 1 rings (SSSR count). The van der Waals surface area contributed by atoms with Crippen LogP contribution in [0, 0.1) is 11.8 Å². The highest BCUT2D eigenvalue weighted by molar-refractivity contribution is 4.96. The second-order valence-corrected chi connectivity index (χ2v) is 5.84. The molecular formula is C12H18F6O2. The molecule has 0 aromatic carbocycles. The van der Waals surface area contributed by atoms with Crippen LogP contribution in [0.25, 0.3) is 0 Å². The predicted molar refractivity (Wildman–Crippen MR) is 58.8 cm³/mol. The zero-order valence-corrected chi connectivity index (χ0v) is 11.1. The van der Waals surface area contributed by atoms with Gasteiger partial charge < -0.3 is 10.2 Å². The van der Waals surface area contributed by atoms with Crippen molar-refractivity contribution in [1.82, 2.24) is 0 Å². The van der Waals surface area contributed by atoms with Crippen molar-refractivity contribution in [3.05, 3.63) is 0 Å². The Balaban J connectivity index is 2.75. The van der Waals surface area contributed by atoms with Crippen LogP contribution >= 0.6 is 0 Å². The van der Waals surface area contributed by atoms with Crippen molar-refractivity contribution in [2.24, 2.45) is 11.8 Å². The van der Waals surface area contributed by atoms with E-state index in [0.717, 1.165) is 0 Å². The molecule has 0 amide bonds. The Labute approximate surface area is 112 Å². The van der Waals surface area contributed by atoms with E-state index in [9.17, 15) is 36.6 Å². The normalized spacial score (nSPS) is 31.5. The Hall–Kier alpha value is -0.500. The molecule has 0 aromatic heterocycles. The molecule has 1 saturated carbocycles. The molecule has 0 aliphatic heterocycles. The fraction of sp³-hybridized carbons (Fsp3) is 1.00. The maximum atomic E-state index is 12.7. The molecule has 2 unspecified atom stereocenters. The van der Waals surface area contributed by atoms with Gasteiger partial charge in [0, 0.05) is 0 Å². The minimum Gasteiger partial charge on any atom is -0.380 e. The summed E-state index contributed by atoms with van der Waals surface area (Å²) < 4.78 is 76.0. The molecule has 120 valence electrons. The van der Waals surface area contributed by atoms with Gasteiger partial charge in [-0.1, -0.05) is 0 Å². The summed E-state index contributed by atoms with van der Waals surface area (Å²) in [7, 11) is 0. The molecule has 2 atom stereocenters. The second-order valence-electron chi connectivity index (χ2n) is 5.84. The monoisotopic (exact) mass is 308 g/mol. The van der Waals surface area contributed by atoms with Crippen molar-refractivity contribution in [3.63, 3.8) is 0 Å². The zero-order valence-electron chi connectivity index (χ0n) is 11.1. The molecule has 20 heavy (non-hydrogen) atoms. The molecule has 1 aliphatic carbocycles. The zero-order chi connectivity index (χ0) is 16.0. The lowest BCUT2D eigenvalue weighted by molar-refractivity contribution is -0.289. The van der Waals surface area contributed by atoms with Crippen molar-refractivity contribution < 1.29 is 36.6 Å². The maximum Gasteiger partial charge on any atom is 0.417 e. The third kappa shape index (κ3) is 3.05. The second kappa shape index (κ2) is 5.05. The molecular weight excluding hydrogens is 290 g/mol. The van der Waals surface area contributed by atoms with Gasteiger partial charge >= 0.3 is 12.4 Å². The summed E-state index contributed by atoms with van der Waals surface area (Å²) in [5, 5.41) is 19.0. The Morgan fingerprint density at radius 2 is 0.850 bits per heavy atom. The van der Waals surface area contributed by atoms with Gasteiger partial charge in [0.2, 0.25) is 0 Å². The van der Waals surface area contributed by atoms with Crippen molar-refractivity contribution >= 4 is 0 Å². The van der Waals surface area contributed by atoms with Gasteiger partial charge in [0.25, 0.3) is 0 Å². The van der Waals surface area contributed by atoms with E-state index in [-0.39, 0.29) is 25.7 Å². The van der Waals surface area contributed by atoms with Crippen LogP contribution < -0.4 is 0 Å². The van der Waals surface area contributed by atoms with Crippen molar-refractivity contribution in [3.8, 4) is 0 Å². The van der Waals surface area contributed by atoms with E-state index < -0.39 is 35.4 Å². The first-order valence-electron chi connectivity index (χ1n) is 6.29. The third-order valence-corrected chi connectivity index (χ3v) is 4.46. The Kier molecular flexibility index (Phi) is 4.43. The van der Waals surface area contributed by atoms with Crippen molar-refractivity contribution in [2.45, 2.75) is 63.1 Å². The number of hydrogen-bond donors (Lipinski definition) is 2. The van der Waals surface area contributed by atoms with E-state index >= 15 is 0 Å². The van der Waals surface area contributed by atoms with Gasteiger partial charge in [-0.05, 0) is 51.4 Å². The Bertz CT molecular complexity index is 303. The van der Waals surface area contributed by atoms with Crippen LogP contribution in [0.3, 0.4) is 0 Å². The summed E-state index contributed by atoms with van der Waals surface area (Å²) >= 11 is 0. The highest BCUT2D eigenvalue weighted by Gasteiger charge is 2.59. The van der Waals surface area contributed by atoms with Gasteiger partial charge in [-0.15, -0.1) is 0 Å². The van der Waals surface area contributed by atoms with Crippen molar-refractivity contribution in [2.75, 3.05) is 0 Å². The molecule has 0 radical (unpaired) electrons. The standard InChI is InChI=1S/C12H18F6O2/c1-9(19,11(13,14)15)7-3-5-8(6-4-7)10(2,20)12(16,17)18/h7-8,19-20H,3-6H2,1-2H3. The summed E-state index contributed by atoms with van der Waals surface area (Å²) in [6, 6.07) is 0. The number of rotatable bonds is 2. The van der Waals surface area contributed by atoms with Crippen molar-refractivity contribution in [1.29, 1.82) is 0 Å². The number of halogens is 6. The first-order chi connectivity index (χ1) is 8.71. The quantitative estimate of drug-likeness (QED) is 0.767. The van der Waals surface area contributed by atoms with Crippen LogP contribution in [-0.2, 0) is 0 Å². The van der Waals surface area contributed by atoms with E-state index in [1.807, 2.05) is 0 Å². The van der Waals surface area contributed by atoms with E-state index in [1.54, 1.807) is 0 Å². The van der Waals surface area contributed by atoms with Crippen LogP contribution in [-0.4, -0.2) is 33.8 Å². The Morgan fingerprint density at radius 1 is 0.650 bits per heavy atom. The predicted octanol–water partition coefficient (Wildman–Crippen LogP) is 3.42. The summed E-state index contributed by atoms with van der Waals surface area (Å²) in [4.78, 5) is 0. The smallest absolute Gasteiger partial charge is 0.380 e. The van der Waals surface area contributed by atoms with Crippen LogP contribution in [0.1, 0.15) is 39.5 Å². The summed E-state index contributed by atoms with van der Waals surface area (Å²) in [5.74, 6) is -2.30. The largest absolute Gasteiger partial charge is 0.417 e. The van der Waals surface area contributed by atoms with Crippen LogP contribution in [0.4, 0.5) is 26.3 Å². The molecule has 8 heteroatoms. The third-order valence-electron chi connectivity index (χ3n) is 4.46. The summed E-state index contributed by atoms with van der Waals surface area (Å²) in [5.41, 5.74) is -5.83. The number of hydrogen-bond acceptors (Lipinski definition) is 2. The van der Waals surface area contributed by atoms with Crippen LogP contribution in [0.5, 0.6) is 0 Å². The molecule has 1 aliphatic rings. The molecule has 0 aromatic rings. The number of aliphatic hydroxyl groups is 2.